The highest BCUT2D eigenvalue weighted by molar-refractivity contribution is 5.32. The highest BCUT2D eigenvalue weighted by Gasteiger charge is 2.38. The molecule has 0 saturated carbocycles. The summed E-state index contributed by atoms with van der Waals surface area (Å²) >= 11 is 0. The summed E-state index contributed by atoms with van der Waals surface area (Å²) in [7, 11) is 0. The number of β-amino-alcohol motifs (C(OH)–C–C–N with tert-alkyl or cyclic N) is 1. The van der Waals surface area contributed by atoms with Gasteiger partial charge in [0.2, 0.25) is 0 Å². The normalized spacial score (nSPS) is 24.6. The fourth-order valence-corrected chi connectivity index (χ4v) is 4.67. The largest absolute Gasteiger partial charge is 0.384 e. The zero-order valence-electron chi connectivity index (χ0n) is 17.1. The van der Waals surface area contributed by atoms with Crippen LogP contribution in [-0.2, 0) is 12.1 Å². The summed E-state index contributed by atoms with van der Waals surface area (Å²) in [5, 5.41) is 11.2. The summed E-state index contributed by atoms with van der Waals surface area (Å²) < 4.78 is 0. The molecule has 0 amide bonds. The first-order chi connectivity index (χ1) is 13.6. The zero-order valence-corrected chi connectivity index (χ0v) is 17.1. The molecule has 2 saturated heterocycles. The van der Waals surface area contributed by atoms with E-state index in [0.717, 1.165) is 70.9 Å². The van der Waals surface area contributed by atoms with Crippen LogP contribution < -0.4 is 0 Å². The summed E-state index contributed by atoms with van der Waals surface area (Å²) in [6.07, 6.45) is 0.836. The second-order valence-electron chi connectivity index (χ2n) is 8.48. The molecule has 2 aliphatic rings. The fourth-order valence-electron chi connectivity index (χ4n) is 4.67. The lowest BCUT2D eigenvalue weighted by Gasteiger charge is -2.35. The Bertz CT molecular complexity index is 757. The molecule has 0 aliphatic carbocycles. The Morgan fingerprint density at radius 1 is 0.786 bits per heavy atom. The van der Waals surface area contributed by atoms with Crippen LogP contribution in [0.2, 0.25) is 0 Å². The molecule has 4 nitrogen and oxygen atoms in total. The molecular formula is C24H33N3O. The Morgan fingerprint density at radius 3 is 2.18 bits per heavy atom. The molecule has 0 radical (unpaired) electrons. The Balaban J connectivity index is 1.22. The summed E-state index contributed by atoms with van der Waals surface area (Å²) in [6.45, 7) is 11.6. The number of likely N-dealkylation sites (tertiary alicyclic amines) is 1. The summed E-state index contributed by atoms with van der Waals surface area (Å²) in [6, 6.07) is 19.0. The zero-order chi connectivity index (χ0) is 19.4. The van der Waals surface area contributed by atoms with Gasteiger partial charge in [-0.05, 0) is 30.0 Å². The van der Waals surface area contributed by atoms with Crippen LogP contribution in [0, 0.1) is 6.92 Å². The van der Waals surface area contributed by atoms with Crippen molar-refractivity contribution in [3.05, 3.63) is 71.3 Å². The lowest BCUT2D eigenvalue weighted by Crippen LogP contribution is -2.48. The first kappa shape index (κ1) is 19.6. The summed E-state index contributed by atoms with van der Waals surface area (Å²) in [4.78, 5) is 7.56. The first-order valence-corrected chi connectivity index (χ1v) is 10.6. The van der Waals surface area contributed by atoms with Crippen molar-refractivity contribution in [2.75, 3.05) is 52.4 Å². The Kier molecular flexibility index (Phi) is 6.12. The van der Waals surface area contributed by atoms with Crippen LogP contribution in [0.3, 0.4) is 0 Å². The van der Waals surface area contributed by atoms with E-state index in [4.69, 9.17) is 0 Å². The molecule has 28 heavy (non-hydrogen) atoms. The molecule has 150 valence electrons. The van der Waals surface area contributed by atoms with Gasteiger partial charge in [-0.15, -0.1) is 0 Å². The van der Waals surface area contributed by atoms with Gasteiger partial charge in [0.05, 0.1) is 0 Å². The van der Waals surface area contributed by atoms with E-state index in [2.05, 4.69) is 64.1 Å². The van der Waals surface area contributed by atoms with Crippen molar-refractivity contribution in [3.8, 4) is 0 Å². The smallest absolute Gasteiger partial charge is 0.104 e. The molecule has 0 bridgehead atoms. The van der Waals surface area contributed by atoms with Crippen LogP contribution in [0.15, 0.2) is 54.6 Å². The van der Waals surface area contributed by atoms with Gasteiger partial charge in [-0.25, -0.2) is 0 Å². The quantitative estimate of drug-likeness (QED) is 0.836. The van der Waals surface area contributed by atoms with Crippen LogP contribution in [0.1, 0.15) is 23.1 Å². The summed E-state index contributed by atoms with van der Waals surface area (Å²) in [5.41, 5.74) is 3.02. The van der Waals surface area contributed by atoms with Crippen molar-refractivity contribution >= 4 is 0 Å². The minimum Gasteiger partial charge on any atom is -0.384 e. The number of hydrogen-bond donors (Lipinski definition) is 1. The third-order valence-corrected chi connectivity index (χ3v) is 6.42. The average molecular weight is 380 g/mol. The molecule has 2 aliphatic heterocycles. The van der Waals surface area contributed by atoms with Crippen molar-refractivity contribution in [2.45, 2.75) is 25.5 Å². The van der Waals surface area contributed by atoms with Gasteiger partial charge in [0.15, 0.2) is 0 Å². The van der Waals surface area contributed by atoms with E-state index >= 15 is 0 Å². The average Bonchev–Trinajstić information content (AvgIpc) is 3.11. The van der Waals surface area contributed by atoms with Crippen molar-refractivity contribution < 1.29 is 5.11 Å². The van der Waals surface area contributed by atoms with Crippen molar-refractivity contribution in [1.82, 2.24) is 14.7 Å². The maximum Gasteiger partial charge on any atom is 0.104 e. The maximum absolute atomic E-state index is 11.2. The van der Waals surface area contributed by atoms with Gasteiger partial charge in [-0.1, -0.05) is 54.6 Å². The Labute approximate surface area is 169 Å². The SMILES string of the molecule is Cc1ccccc1[C@@]1(O)CCN(CCN2CCN(Cc3ccccc3)CC2)C1. The predicted molar refractivity (Wildman–Crippen MR) is 114 cm³/mol. The highest BCUT2D eigenvalue weighted by atomic mass is 16.3. The minimum atomic E-state index is -0.681. The molecule has 0 spiro atoms. The van der Waals surface area contributed by atoms with Crippen molar-refractivity contribution in [2.24, 2.45) is 0 Å². The number of benzene rings is 2. The number of hydrogen-bond acceptors (Lipinski definition) is 4. The van der Waals surface area contributed by atoms with Crippen molar-refractivity contribution in [1.29, 1.82) is 0 Å². The van der Waals surface area contributed by atoms with Gasteiger partial charge < -0.3 is 5.11 Å². The van der Waals surface area contributed by atoms with Crippen LogP contribution in [0.5, 0.6) is 0 Å². The predicted octanol–water partition coefficient (Wildman–Crippen LogP) is 2.71. The topological polar surface area (TPSA) is 30.0 Å². The third-order valence-electron chi connectivity index (χ3n) is 6.42. The maximum atomic E-state index is 11.2. The van der Waals surface area contributed by atoms with Gasteiger partial charge in [-0.3, -0.25) is 14.7 Å². The number of aliphatic hydroxyl groups is 1. The highest BCUT2D eigenvalue weighted by Crippen LogP contribution is 2.33. The van der Waals surface area contributed by atoms with E-state index in [9.17, 15) is 5.11 Å². The van der Waals surface area contributed by atoms with E-state index in [1.165, 1.54) is 11.1 Å². The van der Waals surface area contributed by atoms with Crippen molar-refractivity contribution in [3.63, 3.8) is 0 Å². The van der Waals surface area contributed by atoms with Crippen LogP contribution in [-0.4, -0.2) is 72.2 Å². The van der Waals surface area contributed by atoms with Gasteiger partial charge in [0, 0.05) is 58.9 Å². The Morgan fingerprint density at radius 2 is 1.43 bits per heavy atom. The van der Waals surface area contributed by atoms with Gasteiger partial charge >= 0.3 is 0 Å². The second kappa shape index (κ2) is 8.75. The van der Waals surface area contributed by atoms with E-state index in [1.54, 1.807) is 0 Å². The van der Waals surface area contributed by atoms with E-state index in [0.29, 0.717) is 0 Å². The van der Waals surface area contributed by atoms with Crippen LogP contribution >= 0.6 is 0 Å². The minimum absolute atomic E-state index is 0.681. The molecular weight excluding hydrogens is 346 g/mol. The molecule has 4 rings (SSSR count). The van der Waals surface area contributed by atoms with Crippen LogP contribution in [0.25, 0.3) is 0 Å². The van der Waals surface area contributed by atoms with Gasteiger partial charge in [0.25, 0.3) is 0 Å². The van der Waals surface area contributed by atoms with E-state index < -0.39 is 5.60 Å². The molecule has 2 aromatic rings. The number of rotatable bonds is 6. The molecule has 4 heteroatoms. The molecule has 2 fully saturated rings. The molecule has 1 atom stereocenters. The second-order valence-corrected chi connectivity index (χ2v) is 8.48. The van der Waals surface area contributed by atoms with Gasteiger partial charge in [-0.2, -0.15) is 0 Å². The molecule has 0 unspecified atom stereocenters. The molecule has 2 heterocycles. The van der Waals surface area contributed by atoms with Gasteiger partial charge in [0.1, 0.15) is 5.60 Å². The summed E-state index contributed by atoms with van der Waals surface area (Å²) in [5.74, 6) is 0. The first-order valence-electron chi connectivity index (χ1n) is 10.6. The molecule has 2 aromatic carbocycles. The number of piperazine rings is 1. The third kappa shape index (κ3) is 4.64. The molecule has 0 aromatic heterocycles. The standard InChI is InChI=1S/C24H33N3O/c1-21-7-5-6-10-23(21)24(28)11-12-27(20-24)18-15-25-13-16-26(17-14-25)19-22-8-3-2-4-9-22/h2-10,28H,11-20H2,1H3/t24-/m1/s1. The number of aryl methyl sites for hydroxylation is 1. The molecule has 1 N–H and O–H groups in total. The van der Waals surface area contributed by atoms with E-state index in [1.807, 2.05) is 12.1 Å². The van der Waals surface area contributed by atoms with Crippen LogP contribution in [0.4, 0.5) is 0 Å². The van der Waals surface area contributed by atoms with E-state index in [-0.39, 0.29) is 0 Å². The fraction of sp³-hybridized carbons (Fsp3) is 0.500. The lowest BCUT2D eigenvalue weighted by molar-refractivity contribution is 0.0431. The Hall–Kier alpha value is -1.72. The lowest BCUT2D eigenvalue weighted by atomic mass is 9.89. The number of nitrogens with zero attached hydrogens (tertiary/aromatic N) is 3. The monoisotopic (exact) mass is 379 g/mol.